The van der Waals surface area contributed by atoms with Crippen molar-refractivity contribution in [1.29, 1.82) is 0 Å². The van der Waals surface area contributed by atoms with Gasteiger partial charge in [0.1, 0.15) is 6.17 Å². The minimum Gasteiger partial charge on any atom is -0.375 e. The molecule has 0 radical (unpaired) electrons. The van der Waals surface area contributed by atoms with Gasteiger partial charge in [0, 0.05) is 44.1 Å². The van der Waals surface area contributed by atoms with Gasteiger partial charge >= 0.3 is 6.03 Å². The van der Waals surface area contributed by atoms with Crippen LogP contribution in [0.5, 0.6) is 0 Å². The van der Waals surface area contributed by atoms with Crippen molar-refractivity contribution in [2.24, 2.45) is 0 Å². The fraction of sp³-hybridized carbons (Fsp3) is 0.500. The van der Waals surface area contributed by atoms with Crippen molar-refractivity contribution in [3.05, 3.63) is 54.4 Å². The van der Waals surface area contributed by atoms with E-state index in [0.29, 0.717) is 51.0 Å². The molecule has 2 N–H and O–H groups in total. The summed E-state index contributed by atoms with van der Waals surface area (Å²) in [6.07, 6.45) is 6.44. The third-order valence-electron chi connectivity index (χ3n) is 6.27. The minimum atomic E-state index is -3.64. The van der Waals surface area contributed by atoms with E-state index in [2.05, 4.69) is 15.6 Å². The molecule has 8 nitrogen and oxygen atoms in total. The summed E-state index contributed by atoms with van der Waals surface area (Å²) in [6, 6.07) is 9.40. The standard InChI is InChI=1S/C24H31FN4O4S/c25-19-4-1-5-22(15-19)33-21-10-13-29(14-11-21)34(31,32)23-8-6-20(7-9-23)28-24(30)27-17-18-3-2-12-26-16-18/h2-3,6-9,12,16,19,21-22H,1,4-5,10-11,13-15,17H2,(H2,27,28,30). The van der Waals surface area contributed by atoms with Gasteiger partial charge in [0.05, 0.1) is 17.1 Å². The van der Waals surface area contributed by atoms with E-state index in [1.165, 1.54) is 16.4 Å². The smallest absolute Gasteiger partial charge is 0.319 e. The van der Waals surface area contributed by atoms with Gasteiger partial charge in [0.15, 0.2) is 0 Å². The number of sulfonamides is 1. The number of alkyl halides is 1. The van der Waals surface area contributed by atoms with E-state index in [4.69, 9.17) is 4.74 Å². The molecular weight excluding hydrogens is 459 g/mol. The maximum atomic E-state index is 13.6. The van der Waals surface area contributed by atoms with Gasteiger partial charge in [0.25, 0.3) is 0 Å². The van der Waals surface area contributed by atoms with Crippen molar-refractivity contribution in [3.63, 3.8) is 0 Å². The molecule has 1 saturated heterocycles. The molecule has 2 atom stereocenters. The van der Waals surface area contributed by atoms with Crippen LogP contribution in [0.2, 0.25) is 0 Å². The lowest BCUT2D eigenvalue weighted by molar-refractivity contribution is -0.0602. The highest BCUT2D eigenvalue weighted by molar-refractivity contribution is 7.89. The first-order chi connectivity index (χ1) is 16.4. The number of halogens is 1. The Bertz CT molecular complexity index is 1040. The van der Waals surface area contributed by atoms with Gasteiger partial charge in [-0.15, -0.1) is 0 Å². The third kappa shape index (κ3) is 6.52. The number of nitrogens with one attached hydrogen (secondary N) is 2. The number of benzene rings is 1. The predicted molar refractivity (Wildman–Crippen MR) is 127 cm³/mol. The van der Waals surface area contributed by atoms with Crippen LogP contribution in [0.1, 0.15) is 44.1 Å². The highest BCUT2D eigenvalue weighted by atomic mass is 32.2. The zero-order chi connectivity index (χ0) is 24.0. The Kier molecular flexibility index (Phi) is 8.12. The van der Waals surface area contributed by atoms with Crippen LogP contribution in [0.25, 0.3) is 0 Å². The number of nitrogens with zero attached hydrogens (tertiary/aromatic N) is 2. The zero-order valence-electron chi connectivity index (χ0n) is 19.0. The van der Waals surface area contributed by atoms with Gasteiger partial charge in [-0.3, -0.25) is 4.98 Å². The van der Waals surface area contributed by atoms with Crippen molar-refractivity contribution in [2.75, 3.05) is 18.4 Å². The first-order valence-corrected chi connectivity index (χ1v) is 13.2. The van der Waals surface area contributed by atoms with E-state index in [1.54, 1.807) is 30.6 Å². The summed E-state index contributed by atoms with van der Waals surface area (Å²) in [7, 11) is -3.64. The molecule has 1 aliphatic heterocycles. The first-order valence-electron chi connectivity index (χ1n) is 11.7. The van der Waals surface area contributed by atoms with E-state index in [-0.39, 0.29) is 17.1 Å². The second-order valence-corrected chi connectivity index (χ2v) is 10.8. The van der Waals surface area contributed by atoms with Crippen LogP contribution in [0.15, 0.2) is 53.7 Å². The SMILES string of the molecule is O=C(NCc1cccnc1)Nc1ccc(S(=O)(=O)N2CCC(OC3CCCC(F)C3)CC2)cc1. The molecule has 2 amide bonds. The van der Waals surface area contributed by atoms with Crippen LogP contribution in [0.3, 0.4) is 0 Å². The van der Waals surface area contributed by atoms with Crippen molar-refractivity contribution >= 4 is 21.7 Å². The largest absolute Gasteiger partial charge is 0.375 e. The number of aromatic nitrogens is 1. The minimum absolute atomic E-state index is 0.0292. The number of hydrogen-bond donors (Lipinski definition) is 2. The predicted octanol–water partition coefficient (Wildman–Crippen LogP) is 3.85. The number of amides is 2. The molecular formula is C24H31FN4O4S. The number of pyridine rings is 1. The van der Waals surface area contributed by atoms with E-state index in [9.17, 15) is 17.6 Å². The fourth-order valence-corrected chi connectivity index (χ4v) is 5.88. The molecule has 1 saturated carbocycles. The van der Waals surface area contributed by atoms with Gasteiger partial charge in [-0.1, -0.05) is 6.07 Å². The summed E-state index contributed by atoms with van der Waals surface area (Å²) >= 11 is 0. The molecule has 4 rings (SSSR count). The molecule has 0 bridgehead atoms. The number of urea groups is 1. The maximum Gasteiger partial charge on any atom is 0.319 e. The Morgan fingerprint density at radius 1 is 1.09 bits per heavy atom. The summed E-state index contributed by atoms with van der Waals surface area (Å²) in [5, 5.41) is 5.43. The van der Waals surface area contributed by atoms with E-state index < -0.39 is 22.2 Å². The molecule has 2 unspecified atom stereocenters. The second kappa shape index (κ2) is 11.2. The molecule has 0 spiro atoms. The molecule has 2 aromatic rings. The molecule has 2 heterocycles. The summed E-state index contributed by atoms with van der Waals surface area (Å²) in [5.74, 6) is 0. The number of anilines is 1. The Balaban J connectivity index is 1.26. The molecule has 1 aromatic heterocycles. The lowest BCUT2D eigenvalue weighted by Crippen LogP contribution is -2.42. The molecule has 1 aliphatic carbocycles. The first kappa shape index (κ1) is 24.6. The summed E-state index contributed by atoms with van der Waals surface area (Å²) in [5.41, 5.74) is 1.37. The van der Waals surface area contributed by atoms with Gasteiger partial charge in [-0.2, -0.15) is 4.31 Å². The molecule has 34 heavy (non-hydrogen) atoms. The Morgan fingerprint density at radius 3 is 2.53 bits per heavy atom. The highest BCUT2D eigenvalue weighted by Crippen LogP contribution is 2.28. The van der Waals surface area contributed by atoms with Crippen molar-refractivity contribution in [2.45, 2.75) is 68.3 Å². The van der Waals surface area contributed by atoms with E-state index in [0.717, 1.165) is 18.4 Å². The molecule has 2 aliphatic rings. The van der Waals surface area contributed by atoms with E-state index >= 15 is 0 Å². The van der Waals surface area contributed by atoms with Gasteiger partial charge < -0.3 is 15.4 Å². The van der Waals surface area contributed by atoms with Crippen LogP contribution < -0.4 is 10.6 Å². The van der Waals surface area contributed by atoms with Crippen LogP contribution in [0.4, 0.5) is 14.9 Å². The number of piperidine rings is 1. The second-order valence-electron chi connectivity index (χ2n) is 8.82. The lowest BCUT2D eigenvalue weighted by atomic mass is 9.95. The summed E-state index contributed by atoms with van der Waals surface area (Å²) in [4.78, 5) is 16.3. The number of carbonyl (C=O) groups is 1. The normalized spacial score (nSPS) is 22.3. The van der Waals surface area contributed by atoms with E-state index in [1.807, 2.05) is 6.07 Å². The maximum absolute atomic E-state index is 13.6. The van der Waals surface area contributed by atoms with Crippen molar-refractivity contribution in [1.82, 2.24) is 14.6 Å². The summed E-state index contributed by atoms with van der Waals surface area (Å²) < 4.78 is 47.2. The molecule has 184 valence electrons. The number of rotatable bonds is 7. The van der Waals surface area contributed by atoms with Gasteiger partial charge in [-0.25, -0.2) is 17.6 Å². The topological polar surface area (TPSA) is 101 Å². The molecule has 2 fully saturated rings. The molecule has 10 heteroatoms. The fourth-order valence-electron chi connectivity index (χ4n) is 4.41. The highest BCUT2D eigenvalue weighted by Gasteiger charge is 2.32. The third-order valence-corrected chi connectivity index (χ3v) is 8.19. The van der Waals surface area contributed by atoms with Gasteiger partial charge in [0.2, 0.25) is 10.0 Å². The van der Waals surface area contributed by atoms with Crippen molar-refractivity contribution < 1.29 is 22.3 Å². The monoisotopic (exact) mass is 490 g/mol. The Morgan fingerprint density at radius 2 is 1.85 bits per heavy atom. The quantitative estimate of drug-likeness (QED) is 0.614. The molecule has 1 aromatic carbocycles. The number of carbonyl (C=O) groups excluding carboxylic acids is 1. The van der Waals surface area contributed by atoms with Crippen LogP contribution in [0, 0.1) is 0 Å². The van der Waals surface area contributed by atoms with Crippen LogP contribution in [-0.4, -0.2) is 55.2 Å². The van der Waals surface area contributed by atoms with Crippen LogP contribution >= 0.6 is 0 Å². The lowest BCUT2D eigenvalue weighted by Gasteiger charge is -2.34. The Hall–Kier alpha value is -2.56. The van der Waals surface area contributed by atoms with Crippen LogP contribution in [-0.2, 0) is 21.3 Å². The zero-order valence-corrected chi connectivity index (χ0v) is 19.8. The Labute approximate surface area is 200 Å². The number of hydrogen-bond acceptors (Lipinski definition) is 5. The van der Waals surface area contributed by atoms with Gasteiger partial charge in [-0.05, 0) is 68.0 Å². The number of ether oxygens (including phenoxy) is 1. The van der Waals surface area contributed by atoms with Crippen molar-refractivity contribution in [3.8, 4) is 0 Å². The average molecular weight is 491 g/mol. The summed E-state index contributed by atoms with van der Waals surface area (Å²) in [6.45, 7) is 1.08. The average Bonchev–Trinajstić information content (AvgIpc) is 2.84.